The summed E-state index contributed by atoms with van der Waals surface area (Å²) in [6, 6.07) is 6.83. The molecule has 0 fully saturated rings. The van der Waals surface area contributed by atoms with Crippen LogP contribution in [0.25, 0.3) is 0 Å². The Labute approximate surface area is 102 Å². The first-order chi connectivity index (χ1) is 8.15. The van der Waals surface area contributed by atoms with Crippen molar-refractivity contribution < 1.29 is 9.53 Å². The molecule has 0 spiro atoms. The van der Waals surface area contributed by atoms with Gasteiger partial charge in [-0.2, -0.15) is 0 Å². The van der Waals surface area contributed by atoms with Gasteiger partial charge in [0.25, 0.3) is 5.91 Å². The summed E-state index contributed by atoms with van der Waals surface area (Å²) in [4.78, 5) is 18.3. The molecule has 6 heteroatoms. The maximum Gasteiger partial charge on any atom is 0.286 e. The quantitative estimate of drug-likeness (QED) is 0.903. The molecule has 0 radical (unpaired) electrons. The third-order valence-corrected chi connectivity index (χ3v) is 2.15. The number of primary amides is 1. The van der Waals surface area contributed by atoms with E-state index < -0.39 is 5.91 Å². The summed E-state index contributed by atoms with van der Waals surface area (Å²) in [6.45, 7) is 0. The Balaban J connectivity index is 2.13. The minimum absolute atomic E-state index is 0.0477. The van der Waals surface area contributed by atoms with Crippen LogP contribution in [0.3, 0.4) is 0 Å². The van der Waals surface area contributed by atoms with Crippen LogP contribution in [-0.2, 0) is 0 Å². The zero-order valence-corrected chi connectivity index (χ0v) is 9.39. The molecule has 0 aliphatic rings. The summed E-state index contributed by atoms with van der Waals surface area (Å²) in [5, 5.41) is 0.623. The second-order valence-electron chi connectivity index (χ2n) is 3.16. The molecule has 2 rings (SSSR count). The van der Waals surface area contributed by atoms with Crippen molar-refractivity contribution in [1.82, 2.24) is 9.97 Å². The molecule has 5 nitrogen and oxygen atoms in total. The van der Waals surface area contributed by atoms with Gasteiger partial charge < -0.3 is 10.5 Å². The second kappa shape index (κ2) is 4.80. The lowest BCUT2D eigenvalue weighted by atomic mass is 10.3. The van der Waals surface area contributed by atoms with Crippen LogP contribution in [-0.4, -0.2) is 15.9 Å². The Bertz CT molecular complexity index is 525. The van der Waals surface area contributed by atoms with Gasteiger partial charge in [0.2, 0.25) is 5.82 Å². The monoisotopic (exact) mass is 249 g/mol. The summed E-state index contributed by atoms with van der Waals surface area (Å²) in [6.07, 6.45) is 2.75. The number of hydrogen-bond donors (Lipinski definition) is 1. The molecule has 0 saturated heterocycles. The molecule has 1 aromatic heterocycles. The molecule has 0 atom stereocenters. The van der Waals surface area contributed by atoms with E-state index in [1.54, 1.807) is 24.3 Å². The molecule has 1 aromatic carbocycles. The molecular formula is C11H8ClN3O2. The van der Waals surface area contributed by atoms with E-state index in [1.807, 2.05) is 0 Å². The molecule has 1 amide bonds. The lowest BCUT2D eigenvalue weighted by molar-refractivity contribution is 0.0990. The number of aromatic nitrogens is 2. The number of halogens is 1. The van der Waals surface area contributed by atoms with Crippen LogP contribution in [0.4, 0.5) is 0 Å². The van der Waals surface area contributed by atoms with Gasteiger partial charge in [-0.1, -0.05) is 11.6 Å². The van der Waals surface area contributed by atoms with Crippen LogP contribution in [0.15, 0.2) is 36.7 Å². The van der Waals surface area contributed by atoms with Crippen molar-refractivity contribution in [3.63, 3.8) is 0 Å². The zero-order valence-electron chi connectivity index (χ0n) is 8.63. The first-order valence-electron chi connectivity index (χ1n) is 4.70. The van der Waals surface area contributed by atoms with E-state index in [9.17, 15) is 4.79 Å². The number of carbonyl (C=O) groups is 1. The highest BCUT2D eigenvalue weighted by Gasteiger charge is 2.04. The highest BCUT2D eigenvalue weighted by atomic mass is 35.5. The molecule has 0 saturated carbocycles. The largest absolute Gasteiger partial charge is 0.454 e. The fourth-order valence-corrected chi connectivity index (χ4v) is 1.26. The van der Waals surface area contributed by atoms with Gasteiger partial charge in [-0.25, -0.2) is 9.97 Å². The molecule has 0 bridgehead atoms. The summed E-state index contributed by atoms with van der Waals surface area (Å²) in [7, 11) is 0. The van der Waals surface area contributed by atoms with E-state index in [-0.39, 0.29) is 5.82 Å². The molecule has 0 aliphatic heterocycles. The number of hydrogen-bond acceptors (Lipinski definition) is 4. The fourth-order valence-electron chi connectivity index (χ4n) is 1.13. The fraction of sp³-hybridized carbons (Fsp3) is 0. The second-order valence-corrected chi connectivity index (χ2v) is 3.60. The molecule has 17 heavy (non-hydrogen) atoms. The van der Waals surface area contributed by atoms with E-state index in [2.05, 4.69) is 9.97 Å². The highest BCUT2D eigenvalue weighted by Crippen LogP contribution is 2.21. The Morgan fingerprint density at radius 1 is 1.12 bits per heavy atom. The van der Waals surface area contributed by atoms with E-state index in [0.29, 0.717) is 16.5 Å². The summed E-state index contributed by atoms with van der Waals surface area (Å²) in [5.74, 6) is 0.290. The number of carbonyl (C=O) groups excluding carboxylic acids is 1. The molecule has 0 unspecified atom stereocenters. The van der Waals surface area contributed by atoms with Crippen molar-refractivity contribution in [2.75, 3.05) is 0 Å². The minimum atomic E-state index is -0.678. The van der Waals surface area contributed by atoms with Gasteiger partial charge in [0.1, 0.15) is 5.75 Å². The number of nitrogens with zero attached hydrogens (tertiary/aromatic N) is 2. The molecule has 1 heterocycles. The Kier molecular flexibility index (Phi) is 3.20. The number of amides is 1. The first-order valence-corrected chi connectivity index (χ1v) is 5.08. The molecule has 0 aliphatic carbocycles. The van der Waals surface area contributed by atoms with Crippen LogP contribution < -0.4 is 10.5 Å². The van der Waals surface area contributed by atoms with E-state index >= 15 is 0 Å². The van der Waals surface area contributed by atoms with Crippen molar-refractivity contribution in [2.24, 2.45) is 5.73 Å². The van der Waals surface area contributed by atoms with Crippen LogP contribution >= 0.6 is 11.6 Å². The number of nitrogens with two attached hydrogens (primary N) is 1. The Hall–Kier alpha value is -2.14. The van der Waals surface area contributed by atoms with Crippen molar-refractivity contribution in [3.05, 3.63) is 47.5 Å². The predicted molar refractivity (Wildman–Crippen MR) is 62.1 cm³/mol. The predicted octanol–water partition coefficient (Wildman–Crippen LogP) is 2.02. The number of benzene rings is 1. The molecule has 86 valence electrons. The van der Waals surface area contributed by atoms with Gasteiger partial charge in [0.15, 0.2) is 5.75 Å². The maximum absolute atomic E-state index is 10.7. The van der Waals surface area contributed by atoms with Crippen LogP contribution in [0.1, 0.15) is 10.6 Å². The lowest BCUT2D eigenvalue weighted by Crippen LogP contribution is -2.14. The van der Waals surface area contributed by atoms with Gasteiger partial charge in [-0.05, 0) is 24.3 Å². The summed E-state index contributed by atoms with van der Waals surface area (Å²) in [5.41, 5.74) is 5.01. The Morgan fingerprint density at radius 2 is 1.71 bits per heavy atom. The number of ether oxygens (including phenoxy) is 1. The number of rotatable bonds is 3. The third kappa shape index (κ3) is 2.92. The van der Waals surface area contributed by atoms with Crippen molar-refractivity contribution in [1.29, 1.82) is 0 Å². The lowest BCUT2D eigenvalue weighted by Gasteiger charge is -2.04. The SMILES string of the molecule is NC(=O)c1ncc(Oc2ccc(Cl)cc2)cn1. The van der Waals surface area contributed by atoms with Gasteiger partial charge in [-0.15, -0.1) is 0 Å². The standard InChI is InChI=1S/C11H8ClN3O2/c12-7-1-3-8(4-2-7)17-9-5-14-11(10(13)16)15-6-9/h1-6H,(H2,13,16). The van der Waals surface area contributed by atoms with Gasteiger partial charge in [0.05, 0.1) is 12.4 Å². The summed E-state index contributed by atoms with van der Waals surface area (Å²) < 4.78 is 5.43. The molecule has 2 aromatic rings. The smallest absolute Gasteiger partial charge is 0.286 e. The highest BCUT2D eigenvalue weighted by molar-refractivity contribution is 6.30. The maximum atomic E-state index is 10.7. The van der Waals surface area contributed by atoms with Crippen LogP contribution in [0.5, 0.6) is 11.5 Å². The van der Waals surface area contributed by atoms with Gasteiger partial charge in [0, 0.05) is 5.02 Å². The molecular weight excluding hydrogens is 242 g/mol. The third-order valence-electron chi connectivity index (χ3n) is 1.90. The van der Waals surface area contributed by atoms with Crippen LogP contribution in [0.2, 0.25) is 5.02 Å². The van der Waals surface area contributed by atoms with E-state index in [1.165, 1.54) is 12.4 Å². The minimum Gasteiger partial charge on any atom is -0.454 e. The first kappa shape index (κ1) is 11.3. The average molecular weight is 250 g/mol. The normalized spacial score (nSPS) is 9.94. The van der Waals surface area contributed by atoms with E-state index in [4.69, 9.17) is 22.1 Å². The Morgan fingerprint density at radius 3 is 2.24 bits per heavy atom. The van der Waals surface area contributed by atoms with Gasteiger partial charge in [-0.3, -0.25) is 4.79 Å². The van der Waals surface area contributed by atoms with Crippen molar-refractivity contribution in [2.45, 2.75) is 0 Å². The van der Waals surface area contributed by atoms with Crippen LogP contribution in [0, 0.1) is 0 Å². The zero-order chi connectivity index (χ0) is 12.3. The van der Waals surface area contributed by atoms with Crippen molar-refractivity contribution in [3.8, 4) is 11.5 Å². The van der Waals surface area contributed by atoms with Crippen molar-refractivity contribution >= 4 is 17.5 Å². The molecule has 2 N–H and O–H groups in total. The summed E-state index contributed by atoms with van der Waals surface area (Å²) >= 11 is 5.74. The average Bonchev–Trinajstić information content (AvgIpc) is 2.33. The topological polar surface area (TPSA) is 78.1 Å². The van der Waals surface area contributed by atoms with E-state index in [0.717, 1.165) is 0 Å². The van der Waals surface area contributed by atoms with Gasteiger partial charge >= 0.3 is 0 Å².